The highest BCUT2D eigenvalue weighted by molar-refractivity contribution is 5.70. The van der Waals surface area contributed by atoms with Crippen molar-refractivity contribution >= 4 is 11.9 Å². The van der Waals surface area contributed by atoms with Gasteiger partial charge in [-0.15, -0.1) is 0 Å². The summed E-state index contributed by atoms with van der Waals surface area (Å²) in [7, 11) is 0. The van der Waals surface area contributed by atoms with Gasteiger partial charge >= 0.3 is 11.9 Å². The zero-order chi connectivity index (χ0) is 66.8. The molecule has 0 aliphatic rings. The van der Waals surface area contributed by atoms with Crippen molar-refractivity contribution in [3.8, 4) is 0 Å². The number of hydrogen-bond donors (Lipinski definition) is 1. The maximum absolute atomic E-state index is 12.4. The Morgan fingerprint density at radius 1 is 0.237 bits per heavy atom. The van der Waals surface area contributed by atoms with Crippen LogP contribution in [0.4, 0.5) is 0 Å². The number of aliphatic hydroxyl groups excluding tert-OH is 1. The molecule has 0 rings (SSSR count). The van der Waals surface area contributed by atoms with Gasteiger partial charge in [-0.25, -0.2) is 0 Å². The molecule has 0 saturated carbocycles. The lowest BCUT2D eigenvalue weighted by atomic mass is 10.0. The molecule has 554 valence electrons. The summed E-state index contributed by atoms with van der Waals surface area (Å²) < 4.78 is 10.8. The molecule has 93 heavy (non-hydrogen) atoms. The molecule has 0 bridgehead atoms. The lowest BCUT2D eigenvalue weighted by Crippen LogP contribution is -2.28. The Bertz CT molecular complexity index is 1390. The highest BCUT2D eigenvalue weighted by atomic mass is 16.6. The molecule has 1 unspecified atom stereocenters. The Morgan fingerprint density at radius 3 is 0.581 bits per heavy atom. The van der Waals surface area contributed by atoms with Crippen molar-refractivity contribution in [2.45, 2.75) is 527 Å². The zero-order valence-electron chi connectivity index (χ0n) is 64.1. The van der Waals surface area contributed by atoms with E-state index in [9.17, 15) is 14.7 Å². The monoisotopic (exact) mass is 1310 g/mol. The Balaban J connectivity index is 3.32. The number of allylic oxidation sites excluding steroid dienone is 2. The standard InChI is InChI=1S/C88H172O5/c1-3-5-7-9-11-13-15-17-19-21-23-25-27-29-31-33-35-37-39-41-43-44-45-47-49-51-53-55-57-59-61-63-65-67-69-71-73-75-77-79-81-83-88(91)93-86(84-89)85-92-87(90)82-80-78-76-74-72-70-68-66-64-62-60-58-56-54-52-50-48-46-42-40-38-36-34-32-30-28-26-24-22-20-18-16-14-12-10-8-6-4-2/h21,23,86,89H,3-20,22,24-85H2,1-2H3/b23-21-. The first-order valence-corrected chi connectivity index (χ1v) is 43.7. The van der Waals surface area contributed by atoms with Crippen LogP contribution < -0.4 is 0 Å². The average molecular weight is 1310 g/mol. The molecule has 0 fully saturated rings. The van der Waals surface area contributed by atoms with Crippen LogP contribution in [0.1, 0.15) is 521 Å². The minimum Gasteiger partial charge on any atom is -0.462 e. The number of unbranched alkanes of at least 4 members (excludes halogenated alkanes) is 74. The third-order valence-electron chi connectivity index (χ3n) is 20.8. The van der Waals surface area contributed by atoms with Crippen molar-refractivity contribution in [3.05, 3.63) is 12.2 Å². The van der Waals surface area contributed by atoms with Gasteiger partial charge in [0.15, 0.2) is 6.10 Å². The second-order valence-corrected chi connectivity index (χ2v) is 30.3. The Morgan fingerprint density at radius 2 is 0.398 bits per heavy atom. The largest absolute Gasteiger partial charge is 0.462 e. The first-order valence-electron chi connectivity index (χ1n) is 43.7. The molecule has 0 aliphatic carbocycles. The van der Waals surface area contributed by atoms with Crippen LogP contribution >= 0.6 is 0 Å². The fourth-order valence-electron chi connectivity index (χ4n) is 14.3. The molecule has 0 aromatic rings. The molecule has 0 aliphatic heterocycles. The van der Waals surface area contributed by atoms with E-state index < -0.39 is 6.10 Å². The second-order valence-electron chi connectivity index (χ2n) is 30.3. The summed E-state index contributed by atoms with van der Waals surface area (Å²) in [6.07, 6.45) is 112. The van der Waals surface area contributed by atoms with Crippen molar-refractivity contribution in [2.24, 2.45) is 0 Å². The normalized spacial score (nSPS) is 12.1. The van der Waals surface area contributed by atoms with E-state index >= 15 is 0 Å². The molecule has 0 amide bonds. The highest BCUT2D eigenvalue weighted by Crippen LogP contribution is 2.22. The van der Waals surface area contributed by atoms with Crippen molar-refractivity contribution in [1.82, 2.24) is 0 Å². The third-order valence-corrected chi connectivity index (χ3v) is 20.8. The van der Waals surface area contributed by atoms with E-state index in [0.29, 0.717) is 12.8 Å². The fourth-order valence-corrected chi connectivity index (χ4v) is 14.3. The van der Waals surface area contributed by atoms with Gasteiger partial charge < -0.3 is 14.6 Å². The second kappa shape index (κ2) is 84.9. The van der Waals surface area contributed by atoms with Gasteiger partial charge in [-0.05, 0) is 38.5 Å². The minimum absolute atomic E-state index is 0.0557. The van der Waals surface area contributed by atoms with Crippen LogP contribution in [0.15, 0.2) is 12.2 Å². The summed E-state index contributed by atoms with van der Waals surface area (Å²) in [5.41, 5.74) is 0. The van der Waals surface area contributed by atoms with Gasteiger partial charge in [-0.3, -0.25) is 9.59 Å². The Labute approximate surface area is 585 Å². The topological polar surface area (TPSA) is 72.8 Å². The first-order chi connectivity index (χ1) is 46.1. The molecule has 5 heteroatoms. The number of carbonyl (C=O) groups excluding carboxylic acids is 2. The van der Waals surface area contributed by atoms with Gasteiger partial charge in [-0.2, -0.15) is 0 Å². The van der Waals surface area contributed by atoms with Crippen LogP contribution in [0.2, 0.25) is 0 Å². The van der Waals surface area contributed by atoms with Crippen LogP contribution in [-0.2, 0) is 19.1 Å². The van der Waals surface area contributed by atoms with Crippen molar-refractivity contribution < 1.29 is 24.2 Å². The summed E-state index contributed by atoms with van der Waals surface area (Å²) in [6.45, 7) is 4.23. The fraction of sp³-hybridized carbons (Fsp3) is 0.955. The number of carbonyl (C=O) groups is 2. The van der Waals surface area contributed by atoms with Gasteiger partial charge in [0.05, 0.1) is 6.61 Å². The molecular formula is C88H172O5. The summed E-state index contributed by atoms with van der Waals surface area (Å²) in [5.74, 6) is -0.555. The Hall–Kier alpha value is -1.36. The molecule has 0 spiro atoms. The van der Waals surface area contributed by atoms with Gasteiger partial charge in [-0.1, -0.05) is 482 Å². The maximum atomic E-state index is 12.4. The molecule has 0 heterocycles. The number of aliphatic hydroxyl groups is 1. The van der Waals surface area contributed by atoms with E-state index in [1.807, 2.05) is 0 Å². The van der Waals surface area contributed by atoms with E-state index in [2.05, 4.69) is 26.0 Å². The molecule has 1 atom stereocenters. The predicted octanol–water partition coefficient (Wildman–Crippen LogP) is 30.8. The van der Waals surface area contributed by atoms with Crippen LogP contribution in [0.5, 0.6) is 0 Å². The first kappa shape index (κ1) is 91.6. The Kier molecular flexibility index (Phi) is 83.6. The van der Waals surface area contributed by atoms with E-state index in [-0.39, 0.29) is 25.2 Å². The molecule has 5 nitrogen and oxygen atoms in total. The van der Waals surface area contributed by atoms with Gasteiger partial charge in [0, 0.05) is 12.8 Å². The van der Waals surface area contributed by atoms with Crippen molar-refractivity contribution in [3.63, 3.8) is 0 Å². The van der Waals surface area contributed by atoms with Crippen LogP contribution in [0.25, 0.3) is 0 Å². The van der Waals surface area contributed by atoms with Crippen molar-refractivity contribution in [2.75, 3.05) is 13.2 Å². The summed E-state index contributed by atoms with van der Waals surface area (Å²) in [6, 6.07) is 0. The van der Waals surface area contributed by atoms with Gasteiger partial charge in [0.25, 0.3) is 0 Å². The van der Waals surface area contributed by atoms with E-state index in [1.165, 1.54) is 462 Å². The molecule has 0 aromatic heterocycles. The highest BCUT2D eigenvalue weighted by Gasteiger charge is 2.16. The van der Waals surface area contributed by atoms with Gasteiger partial charge in [0.2, 0.25) is 0 Å². The SMILES string of the molecule is CCCCCCCCCC/C=C\CCCCCCCCCCCCCCCCCCCCCCCCCCCCCCCC(=O)OC(CO)COC(=O)CCCCCCCCCCCCCCCCCCCCCCCCCCCCCCCCCCCCCCCC. The summed E-state index contributed by atoms with van der Waals surface area (Å²) in [5, 5.41) is 9.74. The third kappa shape index (κ3) is 83.0. The summed E-state index contributed by atoms with van der Waals surface area (Å²) in [4.78, 5) is 24.8. The van der Waals surface area contributed by atoms with Crippen molar-refractivity contribution in [1.29, 1.82) is 0 Å². The molecule has 1 N–H and O–H groups in total. The average Bonchev–Trinajstić information content (AvgIpc) is 3.59. The van der Waals surface area contributed by atoms with E-state index in [0.717, 1.165) is 32.1 Å². The van der Waals surface area contributed by atoms with Crippen LogP contribution in [0, 0.1) is 0 Å². The lowest BCUT2D eigenvalue weighted by Gasteiger charge is -2.15. The molecular weight excluding hydrogens is 1140 g/mol. The molecule has 0 radical (unpaired) electrons. The molecule has 0 aromatic carbocycles. The molecule has 0 saturated heterocycles. The number of ether oxygens (including phenoxy) is 2. The van der Waals surface area contributed by atoms with E-state index in [1.54, 1.807) is 0 Å². The number of esters is 2. The summed E-state index contributed by atoms with van der Waals surface area (Å²) >= 11 is 0. The predicted molar refractivity (Wildman–Crippen MR) is 413 cm³/mol. The van der Waals surface area contributed by atoms with Gasteiger partial charge in [0.1, 0.15) is 6.61 Å². The number of rotatable bonds is 84. The maximum Gasteiger partial charge on any atom is 0.306 e. The lowest BCUT2D eigenvalue weighted by molar-refractivity contribution is -0.161. The smallest absolute Gasteiger partial charge is 0.306 e. The van der Waals surface area contributed by atoms with Crippen LogP contribution in [0.3, 0.4) is 0 Å². The number of hydrogen-bond acceptors (Lipinski definition) is 5. The zero-order valence-corrected chi connectivity index (χ0v) is 64.1. The minimum atomic E-state index is -0.768. The van der Waals surface area contributed by atoms with Crippen LogP contribution in [-0.4, -0.2) is 36.4 Å². The van der Waals surface area contributed by atoms with E-state index in [4.69, 9.17) is 9.47 Å². The quantitative estimate of drug-likeness (QED) is 0.0373.